The summed E-state index contributed by atoms with van der Waals surface area (Å²) in [6, 6.07) is 5.62. The average molecular weight is 391 g/mol. The zero-order valence-corrected chi connectivity index (χ0v) is 15.9. The minimum Gasteiger partial charge on any atom is -0.484 e. The van der Waals surface area contributed by atoms with Crippen LogP contribution in [0, 0.1) is 5.82 Å². The average Bonchev–Trinajstić information content (AvgIpc) is 3.15. The topological polar surface area (TPSA) is 71.5 Å². The van der Waals surface area contributed by atoms with E-state index in [9.17, 15) is 14.0 Å². The molecule has 1 aromatic heterocycles. The maximum atomic E-state index is 12.9. The van der Waals surface area contributed by atoms with Gasteiger partial charge in [-0.3, -0.25) is 9.59 Å². The number of aromatic nitrogens is 1. The van der Waals surface area contributed by atoms with Crippen LogP contribution in [0.15, 0.2) is 29.6 Å². The molecule has 8 heteroatoms. The Balaban J connectivity index is 1.53. The van der Waals surface area contributed by atoms with Crippen LogP contribution in [0.1, 0.15) is 36.4 Å². The summed E-state index contributed by atoms with van der Waals surface area (Å²) in [4.78, 5) is 29.9. The Morgan fingerprint density at radius 2 is 2.15 bits per heavy atom. The summed E-state index contributed by atoms with van der Waals surface area (Å²) in [5.74, 6) is 0.165. The summed E-state index contributed by atoms with van der Waals surface area (Å²) in [6.45, 7) is 3.15. The Labute approximate surface area is 161 Å². The number of hydrogen-bond donors (Lipinski definition) is 1. The molecule has 144 valence electrons. The lowest BCUT2D eigenvalue weighted by Crippen LogP contribution is -2.41. The number of likely N-dealkylation sites (tertiary alicyclic amines) is 1. The Morgan fingerprint density at radius 3 is 2.89 bits per heavy atom. The highest BCUT2D eigenvalue weighted by molar-refractivity contribution is 7.09. The molecule has 3 rings (SSSR count). The lowest BCUT2D eigenvalue weighted by molar-refractivity contribution is -0.134. The number of hydrogen-bond acceptors (Lipinski definition) is 5. The van der Waals surface area contributed by atoms with Crippen LogP contribution in [-0.4, -0.2) is 41.4 Å². The molecule has 1 saturated heterocycles. The molecule has 6 nitrogen and oxygen atoms in total. The molecule has 1 fully saturated rings. The number of ether oxygens (including phenoxy) is 1. The first kappa shape index (κ1) is 19.3. The van der Waals surface area contributed by atoms with Gasteiger partial charge in [-0.15, -0.1) is 11.3 Å². The summed E-state index contributed by atoms with van der Waals surface area (Å²) < 4.78 is 18.4. The highest BCUT2D eigenvalue weighted by atomic mass is 32.1. The molecule has 0 saturated carbocycles. The minimum atomic E-state index is -0.339. The van der Waals surface area contributed by atoms with Gasteiger partial charge in [-0.25, -0.2) is 9.37 Å². The zero-order valence-electron chi connectivity index (χ0n) is 15.1. The molecule has 1 aliphatic rings. The summed E-state index contributed by atoms with van der Waals surface area (Å²) in [5, 5.41) is 5.68. The Morgan fingerprint density at radius 1 is 1.37 bits per heavy atom. The number of amides is 2. The fraction of sp³-hybridized carbons (Fsp3) is 0.421. The first-order valence-electron chi connectivity index (χ1n) is 8.86. The maximum absolute atomic E-state index is 12.9. The van der Waals surface area contributed by atoms with E-state index in [0.717, 1.165) is 23.5 Å². The third-order valence-electron chi connectivity index (χ3n) is 4.39. The van der Waals surface area contributed by atoms with E-state index in [1.54, 1.807) is 16.2 Å². The summed E-state index contributed by atoms with van der Waals surface area (Å²) in [6.07, 6.45) is 1.89. The molecule has 2 aromatic rings. The van der Waals surface area contributed by atoms with E-state index < -0.39 is 0 Å². The van der Waals surface area contributed by atoms with Crippen molar-refractivity contribution in [2.45, 2.75) is 32.2 Å². The highest BCUT2D eigenvalue weighted by Crippen LogP contribution is 2.29. The number of carbonyl (C=O) groups excluding carboxylic acids is 2. The second-order valence-corrected chi connectivity index (χ2v) is 7.40. The minimum absolute atomic E-state index is 0.0655. The first-order valence-corrected chi connectivity index (χ1v) is 9.74. The molecule has 0 spiro atoms. The predicted molar refractivity (Wildman–Crippen MR) is 100 cm³/mol. The van der Waals surface area contributed by atoms with Crippen molar-refractivity contribution in [2.24, 2.45) is 0 Å². The summed E-state index contributed by atoms with van der Waals surface area (Å²) >= 11 is 1.57. The third kappa shape index (κ3) is 5.50. The van der Waals surface area contributed by atoms with Gasteiger partial charge in [0, 0.05) is 31.3 Å². The molecule has 1 atom stereocenters. The van der Waals surface area contributed by atoms with Crippen molar-refractivity contribution in [2.75, 3.05) is 19.7 Å². The maximum Gasteiger partial charge on any atom is 0.260 e. The van der Waals surface area contributed by atoms with Gasteiger partial charge < -0.3 is 15.0 Å². The van der Waals surface area contributed by atoms with Crippen LogP contribution in [0.5, 0.6) is 5.75 Å². The van der Waals surface area contributed by atoms with Crippen LogP contribution in [-0.2, 0) is 16.1 Å². The van der Waals surface area contributed by atoms with Crippen LogP contribution in [0.4, 0.5) is 4.39 Å². The van der Waals surface area contributed by atoms with Gasteiger partial charge in [0.2, 0.25) is 5.91 Å². The lowest BCUT2D eigenvalue weighted by atomic mass is 9.98. The van der Waals surface area contributed by atoms with Gasteiger partial charge in [-0.2, -0.15) is 0 Å². The van der Waals surface area contributed by atoms with Gasteiger partial charge in [0.15, 0.2) is 6.61 Å². The Kier molecular flexibility index (Phi) is 6.39. The molecule has 1 aromatic carbocycles. The van der Waals surface area contributed by atoms with Gasteiger partial charge in [-0.05, 0) is 37.1 Å². The molecule has 0 radical (unpaired) electrons. The van der Waals surface area contributed by atoms with Crippen LogP contribution < -0.4 is 10.1 Å². The van der Waals surface area contributed by atoms with Crippen molar-refractivity contribution in [3.05, 3.63) is 46.2 Å². The second kappa shape index (κ2) is 8.94. The first-order chi connectivity index (χ1) is 13.0. The van der Waals surface area contributed by atoms with E-state index in [-0.39, 0.29) is 30.2 Å². The van der Waals surface area contributed by atoms with Gasteiger partial charge in [0.1, 0.15) is 11.6 Å². The summed E-state index contributed by atoms with van der Waals surface area (Å²) in [5.41, 5.74) is 0.841. The van der Waals surface area contributed by atoms with E-state index in [2.05, 4.69) is 10.3 Å². The number of nitrogens with one attached hydrogen (secondary N) is 1. The van der Waals surface area contributed by atoms with Crippen molar-refractivity contribution < 1.29 is 18.7 Å². The SMILES string of the molecule is CC(=O)NCc1csc([C@@H]2CCCN(C(=O)COc3ccc(F)cc3)C2)n1. The van der Waals surface area contributed by atoms with Gasteiger partial charge >= 0.3 is 0 Å². The summed E-state index contributed by atoms with van der Waals surface area (Å²) in [7, 11) is 0. The molecule has 2 amide bonds. The van der Waals surface area contributed by atoms with Gasteiger partial charge in [0.05, 0.1) is 17.2 Å². The number of carbonyl (C=O) groups is 2. The molecule has 1 aliphatic heterocycles. The van der Waals surface area contributed by atoms with Gasteiger partial charge in [0.25, 0.3) is 5.91 Å². The van der Waals surface area contributed by atoms with Crippen LogP contribution >= 0.6 is 11.3 Å². The number of halogens is 1. The lowest BCUT2D eigenvalue weighted by Gasteiger charge is -2.31. The van der Waals surface area contributed by atoms with Crippen molar-refractivity contribution in [1.82, 2.24) is 15.2 Å². The molecule has 0 unspecified atom stereocenters. The van der Waals surface area contributed by atoms with Crippen LogP contribution in [0.25, 0.3) is 0 Å². The van der Waals surface area contributed by atoms with Crippen molar-refractivity contribution in [1.29, 1.82) is 0 Å². The molecule has 2 heterocycles. The van der Waals surface area contributed by atoms with E-state index in [4.69, 9.17) is 4.74 Å². The van der Waals surface area contributed by atoms with E-state index in [1.165, 1.54) is 31.2 Å². The van der Waals surface area contributed by atoms with Gasteiger partial charge in [-0.1, -0.05) is 0 Å². The third-order valence-corrected chi connectivity index (χ3v) is 5.44. The van der Waals surface area contributed by atoms with Crippen molar-refractivity contribution >= 4 is 23.2 Å². The molecule has 1 N–H and O–H groups in total. The standard InChI is InChI=1S/C19H22FN3O3S/c1-13(24)21-9-16-12-27-19(22-16)14-3-2-8-23(10-14)18(25)11-26-17-6-4-15(20)5-7-17/h4-7,12,14H,2-3,8-11H2,1H3,(H,21,24)/t14-/m1/s1. The van der Waals surface area contributed by atoms with Crippen LogP contribution in [0.3, 0.4) is 0 Å². The smallest absolute Gasteiger partial charge is 0.260 e. The molecular formula is C19H22FN3O3S. The highest BCUT2D eigenvalue weighted by Gasteiger charge is 2.27. The van der Waals surface area contributed by atoms with E-state index in [1.807, 2.05) is 5.38 Å². The molecule has 0 bridgehead atoms. The van der Waals surface area contributed by atoms with E-state index >= 15 is 0 Å². The molecule has 0 aliphatic carbocycles. The van der Waals surface area contributed by atoms with Crippen molar-refractivity contribution in [3.63, 3.8) is 0 Å². The second-order valence-electron chi connectivity index (χ2n) is 6.51. The Hall–Kier alpha value is -2.48. The Bertz CT molecular complexity index is 794. The monoisotopic (exact) mass is 391 g/mol. The van der Waals surface area contributed by atoms with Crippen LogP contribution in [0.2, 0.25) is 0 Å². The number of nitrogens with zero attached hydrogens (tertiary/aromatic N) is 2. The number of piperidine rings is 1. The predicted octanol–water partition coefficient (Wildman–Crippen LogP) is 2.70. The number of rotatable bonds is 6. The molecular weight excluding hydrogens is 369 g/mol. The number of benzene rings is 1. The largest absolute Gasteiger partial charge is 0.484 e. The fourth-order valence-electron chi connectivity index (χ4n) is 2.98. The fourth-order valence-corrected chi connectivity index (χ4v) is 3.93. The quantitative estimate of drug-likeness (QED) is 0.822. The molecule has 27 heavy (non-hydrogen) atoms. The number of thiazole rings is 1. The zero-order chi connectivity index (χ0) is 19.2. The van der Waals surface area contributed by atoms with E-state index in [0.29, 0.717) is 25.4 Å². The van der Waals surface area contributed by atoms with Crippen molar-refractivity contribution in [3.8, 4) is 5.75 Å². The normalized spacial score (nSPS) is 16.8.